The highest BCUT2D eigenvalue weighted by Gasteiger charge is 2.00. The van der Waals surface area contributed by atoms with Gasteiger partial charge in [-0.25, -0.2) is 0 Å². The number of aliphatic carboxylic acids is 1. The topological polar surface area (TPSA) is 57.5 Å². The van der Waals surface area contributed by atoms with Crippen LogP contribution >= 0.6 is 0 Å². The number of fused-ring (bicyclic) bond motifs is 2. The third-order valence-corrected chi connectivity index (χ3v) is 4.38. The van der Waals surface area contributed by atoms with E-state index < -0.39 is 5.97 Å². The van der Waals surface area contributed by atoms with E-state index in [2.05, 4.69) is 30.3 Å². The zero-order valence-corrected chi connectivity index (χ0v) is 15.0. The van der Waals surface area contributed by atoms with Gasteiger partial charge in [-0.1, -0.05) is 84.9 Å². The fraction of sp³-hybridized carbons (Fsp3) is 0.125. The molecule has 4 aromatic carbocycles. The lowest BCUT2D eigenvalue weighted by Crippen LogP contribution is -1.99. The summed E-state index contributed by atoms with van der Waals surface area (Å²) in [5.41, 5.74) is 2.04. The van der Waals surface area contributed by atoms with Crippen LogP contribution in [-0.2, 0) is 17.6 Å². The van der Waals surface area contributed by atoms with Gasteiger partial charge in [0.2, 0.25) is 0 Å². The van der Waals surface area contributed by atoms with Gasteiger partial charge >= 0.3 is 5.97 Å². The van der Waals surface area contributed by atoms with Gasteiger partial charge in [-0.2, -0.15) is 0 Å². The van der Waals surface area contributed by atoms with Gasteiger partial charge in [0.25, 0.3) is 0 Å². The van der Waals surface area contributed by atoms with Crippen LogP contribution in [0.5, 0.6) is 0 Å². The van der Waals surface area contributed by atoms with E-state index in [9.17, 15) is 4.79 Å². The van der Waals surface area contributed by atoms with E-state index in [1.807, 2.05) is 54.6 Å². The second-order valence-electron chi connectivity index (χ2n) is 6.41. The highest BCUT2D eigenvalue weighted by molar-refractivity contribution is 5.84. The van der Waals surface area contributed by atoms with E-state index in [1.54, 1.807) is 0 Å². The van der Waals surface area contributed by atoms with Crippen molar-refractivity contribution in [1.82, 2.24) is 0 Å². The summed E-state index contributed by atoms with van der Waals surface area (Å²) in [7, 11) is 0. The standard InChI is InChI=1S/C12H10O2.C12H12O/c13-12(14)8-9-5-6-10-3-1-2-4-11(10)7-9;13-8-7-10-5-6-11-3-1-2-4-12(11)9-10/h1-7H,8H2,(H,13,14);1-6,9,13H,7-8H2. The molecular formula is C24H22O3. The molecule has 4 rings (SSSR count). The smallest absolute Gasteiger partial charge is 0.307 e. The number of carboxylic acid groups (broad SMARTS) is 1. The Morgan fingerprint density at radius 1 is 0.667 bits per heavy atom. The maximum Gasteiger partial charge on any atom is 0.307 e. The highest BCUT2D eigenvalue weighted by Crippen LogP contribution is 2.16. The molecule has 3 nitrogen and oxygen atoms in total. The predicted octanol–water partition coefficient (Wildman–Crippen LogP) is 4.84. The minimum absolute atomic E-state index is 0.0881. The number of aliphatic hydroxyl groups is 1. The third-order valence-electron chi connectivity index (χ3n) is 4.38. The summed E-state index contributed by atoms with van der Waals surface area (Å²) in [5, 5.41) is 22.2. The number of hydrogen-bond acceptors (Lipinski definition) is 2. The molecule has 0 radical (unpaired) electrons. The zero-order chi connectivity index (χ0) is 19.1. The Kier molecular flexibility index (Phi) is 6.18. The monoisotopic (exact) mass is 358 g/mol. The van der Waals surface area contributed by atoms with Crippen molar-refractivity contribution in [3.8, 4) is 0 Å². The van der Waals surface area contributed by atoms with Gasteiger partial charge in [-0.3, -0.25) is 4.79 Å². The number of hydrogen-bond donors (Lipinski definition) is 2. The summed E-state index contributed by atoms with van der Waals surface area (Å²) in [6.45, 7) is 0.221. The lowest BCUT2D eigenvalue weighted by molar-refractivity contribution is -0.136. The number of carbonyl (C=O) groups is 1. The van der Waals surface area contributed by atoms with Crippen molar-refractivity contribution >= 4 is 27.5 Å². The van der Waals surface area contributed by atoms with Crippen molar-refractivity contribution in [2.24, 2.45) is 0 Å². The van der Waals surface area contributed by atoms with E-state index in [1.165, 1.54) is 16.3 Å². The summed E-state index contributed by atoms with van der Waals surface area (Å²) >= 11 is 0. The second kappa shape index (κ2) is 8.97. The van der Waals surface area contributed by atoms with E-state index in [4.69, 9.17) is 10.2 Å². The molecule has 0 amide bonds. The Balaban J connectivity index is 0.000000156. The van der Waals surface area contributed by atoms with Gasteiger partial charge in [0.15, 0.2) is 0 Å². The fourth-order valence-corrected chi connectivity index (χ4v) is 3.05. The summed E-state index contributed by atoms with van der Waals surface area (Å²) in [6, 6.07) is 28.2. The molecule has 0 aliphatic heterocycles. The SMILES string of the molecule is O=C(O)Cc1ccc2ccccc2c1.OCCc1ccc2ccccc2c1. The first-order chi connectivity index (χ1) is 13.2. The molecule has 0 fully saturated rings. The van der Waals surface area contributed by atoms with Gasteiger partial charge in [-0.15, -0.1) is 0 Å². The quantitative estimate of drug-likeness (QED) is 0.549. The van der Waals surface area contributed by atoms with E-state index >= 15 is 0 Å². The first-order valence-corrected chi connectivity index (χ1v) is 8.94. The molecule has 0 unspecified atom stereocenters. The maximum atomic E-state index is 10.5. The summed E-state index contributed by atoms with van der Waals surface area (Å²) < 4.78 is 0. The molecule has 0 spiro atoms. The highest BCUT2D eigenvalue weighted by atomic mass is 16.4. The Morgan fingerprint density at radius 3 is 1.67 bits per heavy atom. The van der Waals surface area contributed by atoms with Gasteiger partial charge in [0, 0.05) is 6.61 Å². The average molecular weight is 358 g/mol. The minimum Gasteiger partial charge on any atom is -0.481 e. The first kappa shape index (κ1) is 18.6. The number of aliphatic hydroxyl groups excluding tert-OH is 1. The molecule has 0 heterocycles. The van der Waals surface area contributed by atoms with Crippen molar-refractivity contribution in [2.45, 2.75) is 12.8 Å². The zero-order valence-electron chi connectivity index (χ0n) is 15.0. The van der Waals surface area contributed by atoms with Gasteiger partial charge < -0.3 is 10.2 Å². The van der Waals surface area contributed by atoms with E-state index in [0.29, 0.717) is 0 Å². The van der Waals surface area contributed by atoms with Crippen molar-refractivity contribution in [3.63, 3.8) is 0 Å². The number of carboxylic acids is 1. The van der Waals surface area contributed by atoms with Crippen molar-refractivity contribution in [2.75, 3.05) is 6.61 Å². The van der Waals surface area contributed by atoms with Crippen LogP contribution in [0.2, 0.25) is 0 Å². The van der Waals surface area contributed by atoms with E-state index in [-0.39, 0.29) is 13.0 Å². The Morgan fingerprint density at radius 2 is 1.15 bits per heavy atom. The number of benzene rings is 4. The van der Waals surface area contributed by atoms with Crippen LogP contribution in [0.4, 0.5) is 0 Å². The summed E-state index contributed by atoms with van der Waals surface area (Å²) in [6.07, 6.45) is 0.829. The Hall–Kier alpha value is -3.17. The maximum absolute atomic E-state index is 10.5. The molecule has 0 aromatic heterocycles. The molecule has 0 atom stereocenters. The fourth-order valence-electron chi connectivity index (χ4n) is 3.05. The van der Waals surface area contributed by atoms with Crippen molar-refractivity contribution < 1.29 is 15.0 Å². The van der Waals surface area contributed by atoms with Gasteiger partial charge in [0.05, 0.1) is 6.42 Å². The van der Waals surface area contributed by atoms with Crippen LogP contribution in [0.3, 0.4) is 0 Å². The van der Waals surface area contributed by atoms with Gasteiger partial charge in [0.1, 0.15) is 0 Å². The molecule has 0 aliphatic carbocycles. The van der Waals surface area contributed by atoms with Crippen LogP contribution in [0, 0.1) is 0 Å². The van der Waals surface area contributed by atoms with Crippen molar-refractivity contribution in [3.05, 3.63) is 96.1 Å². The predicted molar refractivity (Wildman–Crippen MR) is 110 cm³/mol. The van der Waals surface area contributed by atoms with Crippen molar-refractivity contribution in [1.29, 1.82) is 0 Å². The molecule has 0 saturated carbocycles. The normalized spacial score (nSPS) is 10.4. The van der Waals surface area contributed by atoms with Crippen LogP contribution < -0.4 is 0 Å². The molecule has 3 heteroatoms. The number of rotatable bonds is 4. The lowest BCUT2D eigenvalue weighted by Gasteiger charge is -2.00. The molecule has 4 aromatic rings. The minimum atomic E-state index is -0.791. The first-order valence-electron chi connectivity index (χ1n) is 8.94. The van der Waals surface area contributed by atoms with Crippen LogP contribution in [0.25, 0.3) is 21.5 Å². The molecule has 27 heavy (non-hydrogen) atoms. The Bertz CT molecular complexity index is 1050. The Labute approximate surface area is 158 Å². The molecule has 0 aliphatic rings. The lowest BCUT2D eigenvalue weighted by atomic mass is 10.1. The van der Waals surface area contributed by atoms with Crippen LogP contribution in [0.15, 0.2) is 84.9 Å². The molecule has 0 bridgehead atoms. The van der Waals surface area contributed by atoms with Crippen LogP contribution in [0.1, 0.15) is 11.1 Å². The average Bonchev–Trinajstić information content (AvgIpc) is 2.68. The summed E-state index contributed by atoms with van der Waals surface area (Å²) in [5.74, 6) is -0.791. The largest absolute Gasteiger partial charge is 0.481 e. The van der Waals surface area contributed by atoms with Crippen LogP contribution in [-0.4, -0.2) is 22.8 Å². The second-order valence-corrected chi connectivity index (χ2v) is 6.41. The molecular weight excluding hydrogens is 336 g/mol. The molecule has 2 N–H and O–H groups in total. The van der Waals surface area contributed by atoms with Gasteiger partial charge in [-0.05, 0) is 39.1 Å². The van der Waals surface area contributed by atoms with E-state index in [0.717, 1.165) is 22.8 Å². The summed E-state index contributed by atoms with van der Waals surface area (Å²) in [4.78, 5) is 10.5. The molecule has 0 saturated heterocycles. The third kappa shape index (κ3) is 5.16. The molecule has 136 valence electrons.